The average molecular weight is 333 g/mol. The van der Waals surface area contributed by atoms with Crippen molar-refractivity contribution in [2.24, 2.45) is 0 Å². The Labute approximate surface area is 110 Å². The summed E-state index contributed by atoms with van der Waals surface area (Å²) in [6, 6.07) is 2.53. The molecule has 0 unspecified atom stereocenters. The van der Waals surface area contributed by atoms with Crippen molar-refractivity contribution in [3.8, 4) is 0 Å². The van der Waals surface area contributed by atoms with E-state index in [2.05, 4.69) is 21.2 Å². The molecular weight excluding hydrogens is 327 g/mol. The zero-order valence-corrected chi connectivity index (χ0v) is 11.2. The van der Waals surface area contributed by atoms with Crippen molar-refractivity contribution >= 4 is 56.4 Å². The van der Waals surface area contributed by atoms with Crippen molar-refractivity contribution in [2.75, 3.05) is 11.9 Å². The molecule has 0 aliphatic carbocycles. The van der Waals surface area contributed by atoms with E-state index in [-0.39, 0.29) is 5.02 Å². The predicted octanol–water partition coefficient (Wildman–Crippen LogP) is 4.97. The van der Waals surface area contributed by atoms with E-state index in [1.54, 1.807) is 0 Å². The molecule has 0 spiro atoms. The maximum atomic E-state index is 12.9. The van der Waals surface area contributed by atoms with Crippen LogP contribution in [0.25, 0.3) is 0 Å². The summed E-state index contributed by atoms with van der Waals surface area (Å²) in [5.74, 6) is -0.406. The second kappa shape index (κ2) is 5.94. The Morgan fingerprint density at radius 1 is 1.53 bits per heavy atom. The molecule has 0 atom stereocenters. The molecule has 1 nitrogen and oxygen atoms in total. The standard InChI is InChI=1S/C9H6BrCl3FN/c10-7-1-6(14)2-8(13)9(7)15-4-5(12)3-11/h1-3,15H,4H2/b5-3-. The van der Waals surface area contributed by atoms with E-state index in [0.717, 1.165) is 0 Å². The Hall–Kier alpha value is 0.0400. The Kier molecular flexibility index (Phi) is 5.19. The van der Waals surface area contributed by atoms with Gasteiger partial charge in [0.2, 0.25) is 0 Å². The molecule has 0 heterocycles. The van der Waals surface area contributed by atoms with Crippen LogP contribution in [0.5, 0.6) is 0 Å². The zero-order chi connectivity index (χ0) is 11.4. The van der Waals surface area contributed by atoms with Crippen LogP contribution < -0.4 is 5.32 Å². The quantitative estimate of drug-likeness (QED) is 0.823. The van der Waals surface area contributed by atoms with E-state index in [0.29, 0.717) is 21.7 Å². The van der Waals surface area contributed by atoms with E-state index in [1.165, 1.54) is 17.7 Å². The largest absolute Gasteiger partial charge is 0.378 e. The number of rotatable bonds is 3. The molecule has 15 heavy (non-hydrogen) atoms. The lowest BCUT2D eigenvalue weighted by Crippen LogP contribution is -2.02. The summed E-state index contributed by atoms with van der Waals surface area (Å²) in [6.45, 7) is 0.328. The lowest BCUT2D eigenvalue weighted by molar-refractivity contribution is 0.627. The third-order valence-electron chi connectivity index (χ3n) is 1.56. The molecule has 0 saturated heterocycles. The van der Waals surface area contributed by atoms with Crippen molar-refractivity contribution in [1.82, 2.24) is 0 Å². The molecule has 0 bridgehead atoms. The Bertz CT molecular complexity index is 372. The van der Waals surface area contributed by atoms with Gasteiger partial charge in [0.05, 0.1) is 17.3 Å². The average Bonchev–Trinajstić information content (AvgIpc) is 2.15. The van der Waals surface area contributed by atoms with Crippen LogP contribution in [-0.2, 0) is 0 Å². The minimum absolute atomic E-state index is 0.279. The first-order valence-electron chi connectivity index (χ1n) is 3.87. The molecule has 1 aromatic carbocycles. The summed E-state index contributed by atoms with van der Waals surface area (Å²) in [5.41, 5.74) is 1.83. The van der Waals surface area contributed by atoms with Crippen LogP contribution in [-0.4, -0.2) is 6.54 Å². The maximum Gasteiger partial charge on any atom is 0.125 e. The van der Waals surface area contributed by atoms with E-state index < -0.39 is 5.82 Å². The van der Waals surface area contributed by atoms with Crippen LogP contribution in [0.3, 0.4) is 0 Å². The van der Waals surface area contributed by atoms with Crippen LogP contribution in [0.15, 0.2) is 27.2 Å². The van der Waals surface area contributed by atoms with Crippen molar-refractivity contribution in [3.05, 3.63) is 38.0 Å². The normalized spacial score (nSPS) is 11.7. The SMILES string of the molecule is Fc1cc(Cl)c(NC/C(Cl)=C/Cl)c(Br)c1. The van der Waals surface area contributed by atoms with E-state index in [1.807, 2.05) is 0 Å². The monoisotopic (exact) mass is 331 g/mol. The van der Waals surface area contributed by atoms with Crippen LogP contribution in [0.4, 0.5) is 10.1 Å². The molecule has 0 aliphatic rings. The Balaban J connectivity index is 2.86. The molecule has 1 N–H and O–H groups in total. The third-order valence-corrected chi connectivity index (χ3v) is 3.10. The molecule has 0 amide bonds. The van der Waals surface area contributed by atoms with Gasteiger partial charge in [0.1, 0.15) is 5.82 Å². The number of anilines is 1. The fraction of sp³-hybridized carbons (Fsp3) is 0.111. The summed E-state index contributed by atoms with van der Waals surface area (Å²) in [6.07, 6.45) is 0. The first-order valence-corrected chi connectivity index (χ1v) is 5.86. The fourth-order valence-electron chi connectivity index (χ4n) is 0.922. The lowest BCUT2D eigenvalue weighted by Gasteiger charge is -2.09. The zero-order valence-electron chi connectivity index (χ0n) is 7.33. The topological polar surface area (TPSA) is 12.0 Å². The van der Waals surface area contributed by atoms with Gasteiger partial charge in [0.25, 0.3) is 0 Å². The molecule has 0 saturated carbocycles. The number of hydrogen-bond donors (Lipinski definition) is 1. The van der Waals surface area contributed by atoms with Gasteiger partial charge in [-0.3, -0.25) is 0 Å². The van der Waals surface area contributed by atoms with Crippen LogP contribution in [0.1, 0.15) is 0 Å². The predicted molar refractivity (Wildman–Crippen MR) is 67.4 cm³/mol. The molecule has 82 valence electrons. The summed E-state index contributed by atoms with van der Waals surface area (Å²) in [4.78, 5) is 0. The number of hydrogen-bond acceptors (Lipinski definition) is 1. The molecular formula is C9H6BrCl3FN. The second-order valence-electron chi connectivity index (χ2n) is 2.65. The van der Waals surface area contributed by atoms with Gasteiger partial charge in [-0.25, -0.2) is 4.39 Å². The highest BCUT2D eigenvalue weighted by Crippen LogP contribution is 2.31. The van der Waals surface area contributed by atoms with E-state index in [9.17, 15) is 4.39 Å². The first-order chi connectivity index (χ1) is 7.04. The lowest BCUT2D eigenvalue weighted by atomic mass is 10.3. The minimum atomic E-state index is -0.406. The molecule has 0 aromatic heterocycles. The van der Waals surface area contributed by atoms with Gasteiger partial charge in [-0.1, -0.05) is 34.8 Å². The fourth-order valence-corrected chi connectivity index (χ4v) is 2.03. The number of halogens is 5. The highest BCUT2D eigenvalue weighted by Gasteiger charge is 2.07. The molecule has 0 aliphatic heterocycles. The summed E-state index contributed by atoms with van der Waals surface area (Å²) in [7, 11) is 0. The number of nitrogens with one attached hydrogen (secondary N) is 1. The van der Waals surface area contributed by atoms with E-state index in [4.69, 9.17) is 34.8 Å². The van der Waals surface area contributed by atoms with Gasteiger partial charge in [-0.2, -0.15) is 0 Å². The summed E-state index contributed by atoms with van der Waals surface area (Å²) in [5, 5.41) is 3.64. The first kappa shape index (κ1) is 13.1. The van der Waals surface area contributed by atoms with E-state index >= 15 is 0 Å². The van der Waals surface area contributed by atoms with Crippen molar-refractivity contribution in [1.29, 1.82) is 0 Å². The van der Waals surface area contributed by atoms with Crippen LogP contribution in [0.2, 0.25) is 5.02 Å². The second-order valence-corrected chi connectivity index (χ2v) is 4.62. The van der Waals surface area contributed by atoms with Gasteiger partial charge in [0.15, 0.2) is 0 Å². The molecule has 6 heteroatoms. The Morgan fingerprint density at radius 3 is 2.73 bits per heavy atom. The van der Waals surface area contributed by atoms with Gasteiger partial charge in [0, 0.05) is 15.0 Å². The summed E-state index contributed by atoms with van der Waals surface area (Å²) < 4.78 is 13.4. The third kappa shape index (κ3) is 3.83. The van der Waals surface area contributed by atoms with Gasteiger partial charge < -0.3 is 5.32 Å². The summed E-state index contributed by atoms with van der Waals surface area (Å²) >= 11 is 20.1. The van der Waals surface area contributed by atoms with Gasteiger partial charge in [-0.15, -0.1) is 0 Å². The van der Waals surface area contributed by atoms with Crippen molar-refractivity contribution in [3.63, 3.8) is 0 Å². The van der Waals surface area contributed by atoms with Crippen LogP contribution in [0, 0.1) is 5.82 Å². The Morgan fingerprint density at radius 2 is 2.20 bits per heavy atom. The van der Waals surface area contributed by atoms with Crippen molar-refractivity contribution < 1.29 is 4.39 Å². The minimum Gasteiger partial charge on any atom is -0.378 e. The molecule has 0 radical (unpaired) electrons. The smallest absolute Gasteiger partial charge is 0.125 e. The van der Waals surface area contributed by atoms with Gasteiger partial charge >= 0.3 is 0 Å². The highest BCUT2D eigenvalue weighted by molar-refractivity contribution is 9.10. The van der Waals surface area contributed by atoms with Crippen molar-refractivity contribution in [2.45, 2.75) is 0 Å². The maximum absolute atomic E-state index is 12.9. The highest BCUT2D eigenvalue weighted by atomic mass is 79.9. The number of benzene rings is 1. The molecule has 0 fully saturated rings. The van der Waals surface area contributed by atoms with Gasteiger partial charge in [-0.05, 0) is 28.1 Å². The molecule has 1 rings (SSSR count). The molecule has 1 aromatic rings. The van der Waals surface area contributed by atoms with Crippen LogP contribution >= 0.6 is 50.7 Å².